The van der Waals surface area contributed by atoms with E-state index in [0.29, 0.717) is 5.13 Å². The second-order valence-electron chi connectivity index (χ2n) is 4.98. The lowest BCUT2D eigenvalue weighted by atomic mass is 9.90. The van der Waals surface area contributed by atoms with Crippen LogP contribution in [0.3, 0.4) is 0 Å². The number of carbonyl (C=O) groups is 1. The summed E-state index contributed by atoms with van der Waals surface area (Å²) in [5.41, 5.74) is 10.2. The molecule has 1 aliphatic rings. The van der Waals surface area contributed by atoms with Crippen LogP contribution < -0.4 is 11.1 Å². The summed E-state index contributed by atoms with van der Waals surface area (Å²) in [5.74, 6) is -0.212. The molecule has 0 atom stereocenters. The number of hydrogen-bond donors (Lipinski definition) is 2. The molecule has 0 aliphatic heterocycles. The van der Waals surface area contributed by atoms with Crippen LogP contribution in [-0.4, -0.2) is 17.4 Å². The summed E-state index contributed by atoms with van der Waals surface area (Å²) in [6, 6.07) is 6.56. The van der Waals surface area contributed by atoms with Crippen molar-refractivity contribution in [3.63, 3.8) is 0 Å². The molecule has 1 aromatic carbocycles. The molecule has 1 heterocycles. The molecule has 104 valence electrons. The Labute approximate surface area is 122 Å². The van der Waals surface area contributed by atoms with Gasteiger partial charge in [0.15, 0.2) is 5.13 Å². The number of thiazole rings is 1. The molecular weight excluding hydrogens is 270 g/mol. The second-order valence-corrected chi connectivity index (χ2v) is 5.84. The third-order valence-corrected chi connectivity index (χ3v) is 4.34. The van der Waals surface area contributed by atoms with Gasteiger partial charge in [0.05, 0.1) is 12.2 Å². The zero-order valence-electron chi connectivity index (χ0n) is 11.2. The van der Waals surface area contributed by atoms with E-state index in [1.165, 1.54) is 41.7 Å². The van der Waals surface area contributed by atoms with E-state index in [4.69, 9.17) is 5.73 Å². The van der Waals surface area contributed by atoms with Gasteiger partial charge in [-0.1, -0.05) is 12.1 Å². The Morgan fingerprint density at radius 3 is 2.90 bits per heavy atom. The van der Waals surface area contributed by atoms with Gasteiger partial charge in [-0.25, -0.2) is 4.98 Å². The third-order valence-electron chi connectivity index (χ3n) is 3.58. The number of rotatable bonds is 3. The minimum Gasteiger partial charge on any atom is -0.322 e. The predicted octanol–water partition coefficient (Wildman–Crippen LogP) is 2.59. The summed E-state index contributed by atoms with van der Waals surface area (Å²) in [4.78, 5) is 15.7. The molecule has 1 amide bonds. The molecule has 4 nitrogen and oxygen atoms in total. The second kappa shape index (κ2) is 5.73. The van der Waals surface area contributed by atoms with Crippen molar-refractivity contribution >= 4 is 22.4 Å². The van der Waals surface area contributed by atoms with Crippen molar-refractivity contribution in [2.45, 2.75) is 25.7 Å². The summed E-state index contributed by atoms with van der Waals surface area (Å²) in [7, 11) is 0. The van der Waals surface area contributed by atoms with Crippen molar-refractivity contribution in [1.29, 1.82) is 0 Å². The molecule has 0 fully saturated rings. The molecule has 0 radical (unpaired) electrons. The lowest BCUT2D eigenvalue weighted by Gasteiger charge is -2.16. The Morgan fingerprint density at radius 1 is 1.30 bits per heavy atom. The Hall–Kier alpha value is -1.72. The zero-order chi connectivity index (χ0) is 13.9. The van der Waals surface area contributed by atoms with E-state index in [1.807, 2.05) is 5.38 Å². The highest BCUT2D eigenvalue weighted by Crippen LogP contribution is 2.29. The number of nitrogens with zero attached hydrogens (tertiary/aromatic N) is 1. The lowest BCUT2D eigenvalue weighted by molar-refractivity contribution is -0.114. The fraction of sp³-hybridized carbons (Fsp3) is 0.333. The molecule has 5 heteroatoms. The van der Waals surface area contributed by atoms with Gasteiger partial charge >= 0.3 is 0 Å². The molecule has 3 N–H and O–H groups in total. The number of amides is 1. The van der Waals surface area contributed by atoms with Gasteiger partial charge in [-0.2, -0.15) is 0 Å². The molecule has 0 saturated carbocycles. The fourth-order valence-electron chi connectivity index (χ4n) is 2.53. The Morgan fingerprint density at radius 2 is 2.10 bits per heavy atom. The van der Waals surface area contributed by atoms with Gasteiger partial charge in [0.1, 0.15) is 0 Å². The number of benzene rings is 1. The first-order valence-corrected chi connectivity index (χ1v) is 7.72. The molecule has 0 saturated heterocycles. The van der Waals surface area contributed by atoms with Gasteiger partial charge in [0.25, 0.3) is 0 Å². The highest BCUT2D eigenvalue weighted by Gasteiger charge is 2.12. The number of nitrogens with two attached hydrogens (primary N) is 1. The minimum absolute atomic E-state index is 0.0201. The summed E-state index contributed by atoms with van der Waals surface area (Å²) in [6.07, 6.45) is 4.90. The Kier molecular flexibility index (Phi) is 3.80. The molecule has 3 rings (SSSR count). The van der Waals surface area contributed by atoms with E-state index in [2.05, 4.69) is 28.5 Å². The molecule has 0 unspecified atom stereocenters. The normalized spacial score (nSPS) is 13.8. The maximum atomic E-state index is 11.2. The summed E-state index contributed by atoms with van der Waals surface area (Å²) in [6.45, 7) is -0.0201. The van der Waals surface area contributed by atoms with Crippen LogP contribution in [0.15, 0.2) is 23.6 Å². The van der Waals surface area contributed by atoms with Crippen molar-refractivity contribution in [1.82, 2.24) is 4.98 Å². The van der Waals surface area contributed by atoms with Crippen molar-refractivity contribution in [3.05, 3.63) is 34.7 Å². The Balaban J connectivity index is 1.84. The van der Waals surface area contributed by atoms with Gasteiger partial charge in [-0.15, -0.1) is 11.3 Å². The number of carbonyl (C=O) groups excluding carboxylic acids is 1. The van der Waals surface area contributed by atoms with E-state index in [-0.39, 0.29) is 12.5 Å². The standard InChI is InChI=1S/C15H17N3OS/c16-8-14(19)18-15-17-13(9-20-15)12-6-5-10-3-1-2-4-11(10)7-12/h5-7,9H,1-4,8,16H2,(H,17,18,19). The lowest BCUT2D eigenvalue weighted by Crippen LogP contribution is -2.21. The first kappa shape index (κ1) is 13.3. The number of aromatic nitrogens is 1. The Bertz CT molecular complexity index is 636. The molecule has 2 aromatic rings. The molecule has 1 aromatic heterocycles. The topological polar surface area (TPSA) is 68.0 Å². The zero-order valence-corrected chi connectivity index (χ0v) is 12.0. The number of fused-ring (bicyclic) bond motifs is 1. The molecule has 0 spiro atoms. The van der Waals surface area contributed by atoms with Crippen LogP contribution in [0.25, 0.3) is 11.3 Å². The molecule has 20 heavy (non-hydrogen) atoms. The van der Waals surface area contributed by atoms with Crippen LogP contribution in [0.5, 0.6) is 0 Å². The van der Waals surface area contributed by atoms with Gasteiger partial charge in [0.2, 0.25) is 5.91 Å². The fourth-order valence-corrected chi connectivity index (χ4v) is 3.26. The number of anilines is 1. The maximum absolute atomic E-state index is 11.2. The average molecular weight is 287 g/mol. The number of hydrogen-bond acceptors (Lipinski definition) is 4. The third kappa shape index (κ3) is 2.73. The molecule has 1 aliphatic carbocycles. The van der Waals surface area contributed by atoms with Crippen molar-refractivity contribution in [2.24, 2.45) is 5.73 Å². The molecule has 0 bridgehead atoms. The highest BCUT2D eigenvalue weighted by atomic mass is 32.1. The van der Waals surface area contributed by atoms with Gasteiger partial charge in [-0.3, -0.25) is 4.79 Å². The highest BCUT2D eigenvalue weighted by molar-refractivity contribution is 7.14. The maximum Gasteiger partial charge on any atom is 0.239 e. The van der Waals surface area contributed by atoms with E-state index in [0.717, 1.165) is 17.7 Å². The van der Waals surface area contributed by atoms with Gasteiger partial charge in [0, 0.05) is 10.9 Å². The van der Waals surface area contributed by atoms with Crippen LogP contribution in [0, 0.1) is 0 Å². The summed E-state index contributed by atoms with van der Waals surface area (Å²) < 4.78 is 0. The number of nitrogens with one attached hydrogen (secondary N) is 1. The van der Waals surface area contributed by atoms with Crippen LogP contribution in [-0.2, 0) is 17.6 Å². The van der Waals surface area contributed by atoms with Crippen molar-refractivity contribution < 1.29 is 4.79 Å². The van der Waals surface area contributed by atoms with Gasteiger partial charge in [-0.05, 0) is 42.9 Å². The van der Waals surface area contributed by atoms with Crippen molar-refractivity contribution in [2.75, 3.05) is 11.9 Å². The summed E-state index contributed by atoms with van der Waals surface area (Å²) in [5, 5.41) is 5.26. The van der Waals surface area contributed by atoms with Crippen molar-refractivity contribution in [3.8, 4) is 11.3 Å². The first-order valence-electron chi connectivity index (χ1n) is 6.84. The van der Waals surface area contributed by atoms with Gasteiger partial charge < -0.3 is 11.1 Å². The quantitative estimate of drug-likeness (QED) is 0.911. The summed E-state index contributed by atoms with van der Waals surface area (Å²) >= 11 is 1.43. The van der Waals surface area contributed by atoms with E-state index >= 15 is 0 Å². The van der Waals surface area contributed by atoms with E-state index in [1.54, 1.807) is 0 Å². The van der Waals surface area contributed by atoms with Crippen LogP contribution >= 0.6 is 11.3 Å². The number of aryl methyl sites for hydroxylation is 2. The average Bonchev–Trinajstić information content (AvgIpc) is 2.95. The SMILES string of the molecule is NCC(=O)Nc1nc(-c2ccc3c(c2)CCCC3)cs1. The first-order chi connectivity index (χ1) is 9.76. The van der Waals surface area contributed by atoms with E-state index in [9.17, 15) is 4.79 Å². The van der Waals surface area contributed by atoms with Crippen LogP contribution in [0.2, 0.25) is 0 Å². The minimum atomic E-state index is -0.212. The molecular formula is C15H17N3OS. The van der Waals surface area contributed by atoms with Crippen LogP contribution in [0.4, 0.5) is 5.13 Å². The largest absolute Gasteiger partial charge is 0.322 e. The van der Waals surface area contributed by atoms with Crippen LogP contribution in [0.1, 0.15) is 24.0 Å². The predicted molar refractivity (Wildman–Crippen MR) is 81.9 cm³/mol. The van der Waals surface area contributed by atoms with E-state index < -0.39 is 0 Å². The smallest absolute Gasteiger partial charge is 0.239 e. The monoisotopic (exact) mass is 287 g/mol.